The number of sulfone groups is 1. The number of benzene rings is 2. The summed E-state index contributed by atoms with van der Waals surface area (Å²) in [5.41, 5.74) is 1.28. The van der Waals surface area contributed by atoms with Gasteiger partial charge in [-0.25, -0.2) is 12.8 Å². The van der Waals surface area contributed by atoms with E-state index in [1.807, 2.05) is 0 Å². The fourth-order valence-electron chi connectivity index (χ4n) is 1.78. The molecule has 0 saturated carbocycles. The van der Waals surface area contributed by atoms with Gasteiger partial charge in [0.15, 0.2) is 9.84 Å². The molecule has 0 heterocycles. The molecule has 0 spiro atoms. The third-order valence-corrected chi connectivity index (χ3v) is 3.81. The van der Waals surface area contributed by atoms with E-state index < -0.39 is 9.84 Å². The molecule has 2 aromatic rings. The van der Waals surface area contributed by atoms with Crippen LogP contribution in [0.25, 0.3) is 0 Å². The Hall–Kier alpha value is -1.88. The molecule has 0 unspecified atom stereocenters. The normalized spacial score (nSPS) is 11.3. The van der Waals surface area contributed by atoms with Crippen LogP contribution in [0.1, 0.15) is 5.56 Å². The first kappa shape index (κ1) is 13.5. The maximum Gasteiger partial charge on any atom is 0.177 e. The van der Waals surface area contributed by atoms with Gasteiger partial charge in [-0.15, -0.1) is 0 Å². The Morgan fingerprint density at radius 3 is 2.53 bits per heavy atom. The summed E-state index contributed by atoms with van der Waals surface area (Å²) in [6.45, 7) is 0.365. The lowest BCUT2D eigenvalue weighted by Gasteiger charge is -2.10. The van der Waals surface area contributed by atoms with Crippen molar-refractivity contribution in [3.8, 4) is 0 Å². The van der Waals surface area contributed by atoms with Crippen LogP contribution in [0.2, 0.25) is 0 Å². The predicted octanol–water partition coefficient (Wildman–Crippen LogP) is 2.84. The lowest BCUT2D eigenvalue weighted by atomic mass is 10.2. The summed E-state index contributed by atoms with van der Waals surface area (Å²) >= 11 is 0. The molecule has 100 valence electrons. The fourth-order valence-corrected chi connectivity index (χ4v) is 2.65. The third kappa shape index (κ3) is 3.54. The molecule has 0 aromatic heterocycles. The molecule has 0 saturated heterocycles. The van der Waals surface area contributed by atoms with Crippen molar-refractivity contribution in [2.24, 2.45) is 0 Å². The molecule has 0 bridgehead atoms. The molecule has 0 atom stereocenters. The summed E-state index contributed by atoms with van der Waals surface area (Å²) in [5.74, 6) is -0.310. The van der Waals surface area contributed by atoms with Crippen LogP contribution in [0.5, 0.6) is 0 Å². The van der Waals surface area contributed by atoms with Crippen LogP contribution in [-0.4, -0.2) is 14.7 Å². The van der Waals surface area contributed by atoms with E-state index in [-0.39, 0.29) is 10.7 Å². The molecule has 5 heteroatoms. The van der Waals surface area contributed by atoms with Gasteiger partial charge in [-0.2, -0.15) is 0 Å². The molecular weight excluding hydrogens is 265 g/mol. The molecule has 0 amide bonds. The molecule has 0 fully saturated rings. The van der Waals surface area contributed by atoms with Gasteiger partial charge in [0.2, 0.25) is 0 Å². The van der Waals surface area contributed by atoms with Gasteiger partial charge in [0.05, 0.1) is 10.6 Å². The van der Waals surface area contributed by atoms with Gasteiger partial charge in [0, 0.05) is 12.8 Å². The summed E-state index contributed by atoms with van der Waals surface area (Å²) in [6.07, 6.45) is 1.16. The van der Waals surface area contributed by atoms with Crippen molar-refractivity contribution < 1.29 is 12.8 Å². The summed E-state index contributed by atoms with van der Waals surface area (Å²) < 4.78 is 36.3. The Morgan fingerprint density at radius 2 is 1.84 bits per heavy atom. The lowest BCUT2D eigenvalue weighted by molar-refractivity contribution is 0.602. The van der Waals surface area contributed by atoms with E-state index in [1.165, 1.54) is 12.1 Å². The Bertz CT molecular complexity index is 683. The Morgan fingerprint density at radius 1 is 1.11 bits per heavy atom. The number of hydrogen-bond donors (Lipinski definition) is 1. The maximum atomic E-state index is 13.0. The maximum absolute atomic E-state index is 13.0. The highest BCUT2D eigenvalue weighted by Crippen LogP contribution is 2.21. The summed E-state index contributed by atoms with van der Waals surface area (Å²) in [7, 11) is -3.28. The smallest absolute Gasteiger partial charge is 0.177 e. The molecule has 0 aliphatic rings. The Labute approximate surface area is 112 Å². The average molecular weight is 279 g/mol. The van der Waals surface area contributed by atoms with E-state index >= 15 is 0 Å². The second kappa shape index (κ2) is 5.40. The minimum atomic E-state index is -3.28. The minimum absolute atomic E-state index is 0.242. The monoisotopic (exact) mass is 279 g/mol. The fraction of sp³-hybridized carbons (Fsp3) is 0.143. The van der Waals surface area contributed by atoms with E-state index in [0.29, 0.717) is 12.2 Å². The van der Waals surface area contributed by atoms with Crippen molar-refractivity contribution in [3.63, 3.8) is 0 Å². The molecule has 2 rings (SSSR count). The first-order chi connectivity index (χ1) is 8.97. The molecule has 0 aliphatic heterocycles. The van der Waals surface area contributed by atoms with Crippen LogP contribution in [0, 0.1) is 5.82 Å². The van der Waals surface area contributed by atoms with Crippen molar-refractivity contribution in [1.29, 1.82) is 0 Å². The molecule has 0 aliphatic carbocycles. The van der Waals surface area contributed by atoms with Gasteiger partial charge in [-0.3, -0.25) is 0 Å². The van der Waals surface area contributed by atoms with E-state index in [4.69, 9.17) is 0 Å². The Kier molecular flexibility index (Phi) is 3.85. The first-order valence-corrected chi connectivity index (χ1v) is 7.63. The molecule has 1 N–H and O–H groups in total. The number of halogens is 1. The van der Waals surface area contributed by atoms with Crippen LogP contribution in [0.4, 0.5) is 10.1 Å². The highest BCUT2D eigenvalue weighted by Gasteiger charge is 2.11. The van der Waals surface area contributed by atoms with E-state index in [0.717, 1.165) is 11.8 Å². The van der Waals surface area contributed by atoms with Gasteiger partial charge in [0.1, 0.15) is 5.82 Å². The average Bonchev–Trinajstić information content (AvgIpc) is 2.36. The topological polar surface area (TPSA) is 46.2 Å². The van der Waals surface area contributed by atoms with Crippen LogP contribution in [0.3, 0.4) is 0 Å². The van der Waals surface area contributed by atoms with E-state index in [1.54, 1.807) is 36.4 Å². The first-order valence-electron chi connectivity index (χ1n) is 5.74. The van der Waals surface area contributed by atoms with Crippen molar-refractivity contribution in [3.05, 3.63) is 59.9 Å². The molecular formula is C14H14FNO2S. The summed E-state index contributed by atoms with van der Waals surface area (Å²) in [6, 6.07) is 12.8. The van der Waals surface area contributed by atoms with Crippen LogP contribution in [-0.2, 0) is 16.4 Å². The van der Waals surface area contributed by atoms with Crippen molar-refractivity contribution >= 4 is 15.5 Å². The second-order valence-corrected chi connectivity index (χ2v) is 6.24. The van der Waals surface area contributed by atoms with Crippen molar-refractivity contribution in [2.45, 2.75) is 11.4 Å². The van der Waals surface area contributed by atoms with E-state index in [2.05, 4.69) is 5.32 Å². The van der Waals surface area contributed by atoms with Gasteiger partial charge < -0.3 is 5.32 Å². The number of para-hydroxylation sites is 1. The SMILES string of the molecule is CS(=O)(=O)c1ccccc1NCc1cccc(F)c1. The number of hydrogen-bond acceptors (Lipinski definition) is 3. The predicted molar refractivity (Wildman–Crippen MR) is 73.3 cm³/mol. The van der Waals surface area contributed by atoms with Gasteiger partial charge in [-0.05, 0) is 29.8 Å². The Balaban J connectivity index is 2.21. The van der Waals surface area contributed by atoms with Crippen molar-refractivity contribution in [1.82, 2.24) is 0 Å². The quantitative estimate of drug-likeness (QED) is 0.936. The third-order valence-electron chi connectivity index (χ3n) is 2.66. The number of rotatable bonds is 4. The largest absolute Gasteiger partial charge is 0.380 e. The summed E-state index contributed by atoms with van der Waals surface area (Å²) in [4.78, 5) is 0.242. The molecule has 3 nitrogen and oxygen atoms in total. The van der Waals surface area contributed by atoms with Gasteiger partial charge in [-0.1, -0.05) is 24.3 Å². The van der Waals surface area contributed by atoms with Crippen LogP contribution >= 0.6 is 0 Å². The molecule has 2 aromatic carbocycles. The molecule has 0 radical (unpaired) electrons. The zero-order valence-electron chi connectivity index (χ0n) is 10.4. The molecule has 19 heavy (non-hydrogen) atoms. The highest BCUT2D eigenvalue weighted by atomic mass is 32.2. The number of nitrogens with one attached hydrogen (secondary N) is 1. The zero-order chi connectivity index (χ0) is 13.9. The van der Waals surface area contributed by atoms with Gasteiger partial charge in [0.25, 0.3) is 0 Å². The van der Waals surface area contributed by atoms with Gasteiger partial charge >= 0.3 is 0 Å². The minimum Gasteiger partial charge on any atom is -0.380 e. The lowest BCUT2D eigenvalue weighted by Crippen LogP contribution is -2.06. The highest BCUT2D eigenvalue weighted by molar-refractivity contribution is 7.90. The number of anilines is 1. The zero-order valence-corrected chi connectivity index (χ0v) is 11.2. The van der Waals surface area contributed by atoms with Crippen LogP contribution < -0.4 is 5.32 Å². The van der Waals surface area contributed by atoms with Crippen molar-refractivity contribution in [2.75, 3.05) is 11.6 Å². The second-order valence-electron chi connectivity index (χ2n) is 4.25. The standard InChI is InChI=1S/C14H14FNO2S/c1-19(17,18)14-8-3-2-7-13(14)16-10-11-5-4-6-12(15)9-11/h2-9,16H,10H2,1H3. The summed E-state index contributed by atoms with van der Waals surface area (Å²) in [5, 5.41) is 3.02. The van der Waals surface area contributed by atoms with Crippen LogP contribution in [0.15, 0.2) is 53.4 Å². The van der Waals surface area contributed by atoms with E-state index in [9.17, 15) is 12.8 Å².